The summed E-state index contributed by atoms with van der Waals surface area (Å²) >= 11 is 0. The Morgan fingerprint density at radius 2 is 1.20 bits per heavy atom. The number of ether oxygens (including phenoxy) is 4. The Morgan fingerprint density at radius 1 is 0.739 bits per heavy atom. The average Bonchev–Trinajstić information content (AvgIpc) is 3.37. The van der Waals surface area contributed by atoms with Crippen LogP contribution < -0.4 is 11.5 Å². The molecule has 0 amide bonds. The molecule has 1 rings (SSSR count). The molecule has 1 fully saturated rings. The van der Waals surface area contributed by atoms with Crippen molar-refractivity contribution in [2.45, 2.75) is 160 Å². The Balaban J connectivity index is 2.40. The summed E-state index contributed by atoms with van der Waals surface area (Å²) in [5.74, 6) is -1.68. The predicted octanol–water partition coefficient (Wildman–Crippen LogP) is 6.45. The molecular weight excluding hydrogens is 615 g/mol. The number of carbonyl (C=O) groups is 2. The van der Waals surface area contributed by atoms with Crippen molar-refractivity contribution in [2.75, 3.05) is 39.5 Å². The summed E-state index contributed by atoms with van der Waals surface area (Å²) in [5, 5.41) is 0. The van der Waals surface area contributed by atoms with Crippen LogP contribution in [0, 0.1) is 0 Å². The van der Waals surface area contributed by atoms with Crippen LogP contribution >= 0.6 is 7.82 Å². The number of phosphoric acid groups is 1. The van der Waals surface area contributed by atoms with Crippen molar-refractivity contribution in [1.82, 2.24) is 0 Å². The molecule has 46 heavy (non-hydrogen) atoms. The van der Waals surface area contributed by atoms with Crippen LogP contribution in [0.2, 0.25) is 0 Å². The van der Waals surface area contributed by atoms with Gasteiger partial charge in [0.25, 0.3) is 0 Å². The maximum atomic E-state index is 12.6. The molecule has 3 unspecified atom stereocenters. The number of hydrogen-bond acceptors (Lipinski definition) is 11. The highest BCUT2D eigenvalue weighted by Crippen LogP contribution is 2.44. The van der Waals surface area contributed by atoms with Crippen molar-refractivity contribution in [3.8, 4) is 0 Å². The molecule has 12 nitrogen and oxygen atoms in total. The normalized spacial score (nSPS) is 17.9. The summed E-state index contributed by atoms with van der Waals surface area (Å²) in [6.45, 7) is 4.25. The molecule has 0 aliphatic carbocycles. The molecular formula is C33H65N2O10P. The SMILES string of the molecule is CC1(C)OCC(COP(=O)(O)OCC(COC(=O)CCCCCCCCCCCN)OC(=O)CCCCCCCCCCCN)O1. The third-order valence-electron chi connectivity index (χ3n) is 7.81. The average molecular weight is 681 g/mol. The molecule has 0 bridgehead atoms. The number of hydrogen-bond donors (Lipinski definition) is 3. The first kappa shape index (κ1) is 42.9. The summed E-state index contributed by atoms with van der Waals surface area (Å²) in [6.07, 6.45) is 18.2. The smallest absolute Gasteiger partial charge is 0.462 e. The van der Waals surface area contributed by atoms with E-state index in [2.05, 4.69) is 0 Å². The van der Waals surface area contributed by atoms with Crippen molar-refractivity contribution in [1.29, 1.82) is 0 Å². The number of nitrogens with two attached hydrogens (primary N) is 2. The predicted molar refractivity (Wildman–Crippen MR) is 178 cm³/mol. The molecule has 1 heterocycles. The third-order valence-corrected chi connectivity index (χ3v) is 8.76. The van der Waals surface area contributed by atoms with Crippen molar-refractivity contribution in [2.24, 2.45) is 11.5 Å². The lowest BCUT2D eigenvalue weighted by Gasteiger charge is -2.21. The van der Waals surface area contributed by atoms with Crippen molar-refractivity contribution in [3.63, 3.8) is 0 Å². The Bertz CT molecular complexity index is 832. The number of rotatable bonds is 31. The van der Waals surface area contributed by atoms with Gasteiger partial charge in [-0.05, 0) is 52.6 Å². The minimum absolute atomic E-state index is 0.204. The number of carbonyl (C=O) groups excluding carboxylic acids is 2. The maximum absolute atomic E-state index is 12.6. The van der Waals surface area contributed by atoms with Gasteiger partial charge < -0.3 is 35.3 Å². The maximum Gasteiger partial charge on any atom is 0.472 e. The number of unbranched alkanes of at least 4 members (excludes halogenated alkanes) is 16. The van der Waals surface area contributed by atoms with Gasteiger partial charge in [-0.1, -0.05) is 89.9 Å². The Morgan fingerprint density at radius 3 is 1.65 bits per heavy atom. The third kappa shape index (κ3) is 25.0. The summed E-state index contributed by atoms with van der Waals surface area (Å²) in [7, 11) is -4.50. The van der Waals surface area contributed by atoms with Gasteiger partial charge in [-0.25, -0.2) is 4.57 Å². The van der Waals surface area contributed by atoms with Crippen LogP contribution in [0.15, 0.2) is 0 Å². The van der Waals surface area contributed by atoms with Gasteiger partial charge in [-0.2, -0.15) is 0 Å². The first-order valence-electron chi connectivity index (χ1n) is 17.8. The molecule has 0 aromatic rings. The fourth-order valence-corrected chi connectivity index (χ4v) is 5.94. The molecule has 13 heteroatoms. The van der Waals surface area contributed by atoms with Crippen LogP contribution in [0.5, 0.6) is 0 Å². The largest absolute Gasteiger partial charge is 0.472 e. The molecule has 1 aliphatic heterocycles. The first-order valence-corrected chi connectivity index (χ1v) is 19.3. The van der Waals surface area contributed by atoms with Crippen molar-refractivity contribution in [3.05, 3.63) is 0 Å². The highest BCUT2D eigenvalue weighted by Gasteiger charge is 2.35. The summed E-state index contributed by atoms with van der Waals surface area (Å²) in [5.41, 5.74) is 11.0. The van der Waals surface area contributed by atoms with Gasteiger partial charge in [-0.15, -0.1) is 0 Å². The van der Waals surface area contributed by atoms with E-state index in [1.165, 1.54) is 51.4 Å². The topological polar surface area (TPSA) is 179 Å². The second-order valence-electron chi connectivity index (χ2n) is 12.7. The van der Waals surface area contributed by atoms with Gasteiger partial charge in [0, 0.05) is 12.8 Å². The molecule has 1 saturated heterocycles. The Hall–Kier alpha value is -1.11. The summed E-state index contributed by atoms with van der Waals surface area (Å²) < 4.78 is 44.6. The molecule has 3 atom stereocenters. The fraction of sp³-hybridized carbons (Fsp3) is 0.939. The monoisotopic (exact) mass is 680 g/mol. The highest BCUT2D eigenvalue weighted by molar-refractivity contribution is 7.47. The molecule has 0 aromatic carbocycles. The van der Waals surface area contributed by atoms with E-state index in [-0.39, 0.29) is 32.7 Å². The number of phosphoric ester groups is 1. The Labute approximate surface area is 277 Å². The molecule has 1 aliphatic rings. The van der Waals surface area contributed by atoms with Crippen molar-refractivity contribution < 1.29 is 47.0 Å². The molecule has 0 saturated carbocycles. The minimum atomic E-state index is -4.50. The standard InChI is InChI=1S/C33H65N2O10P/c1-33(2)41-26-30(45-33)28-43-46(38,39)42-27-29(44-32(37)22-18-14-10-6-4-8-12-16-20-24-35)25-40-31(36)21-17-13-9-5-3-7-11-15-19-23-34/h29-30H,3-28,34-35H2,1-2H3,(H,38,39). The molecule has 0 aromatic heterocycles. The summed E-state index contributed by atoms with van der Waals surface area (Å²) in [6, 6.07) is 0. The molecule has 272 valence electrons. The van der Waals surface area contributed by atoms with Gasteiger partial charge >= 0.3 is 19.8 Å². The van der Waals surface area contributed by atoms with Crippen LogP contribution in [0.3, 0.4) is 0 Å². The molecule has 0 spiro atoms. The lowest BCUT2D eigenvalue weighted by molar-refractivity contribution is -0.161. The van der Waals surface area contributed by atoms with E-state index in [0.717, 1.165) is 64.5 Å². The van der Waals surface area contributed by atoms with Crippen molar-refractivity contribution >= 4 is 19.8 Å². The van der Waals surface area contributed by atoms with Crippen LogP contribution in [-0.2, 0) is 42.1 Å². The minimum Gasteiger partial charge on any atom is -0.462 e. The quantitative estimate of drug-likeness (QED) is 0.0415. The van der Waals surface area contributed by atoms with Gasteiger partial charge in [0.1, 0.15) is 12.7 Å². The van der Waals surface area contributed by atoms with E-state index in [4.69, 9.17) is 39.5 Å². The lowest BCUT2D eigenvalue weighted by atomic mass is 10.1. The molecule has 5 N–H and O–H groups in total. The number of esters is 2. The zero-order valence-corrected chi connectivity index (χ0v) is 29.7. The van der Waals surface area contributed by atoms with E-state index in [0.29, 0.717) is 12.8 Å². The second kappa shape index (κ2) is 26.8. The lowest BCUT2D eigenvalue weighted by Crippen LogP contribution is -2.30. The highest BCUT2D eigenvalue weighted by atomic mass is 31.2. The van der Waals surface area contributed by atoms with E-state index in [1.54, 1.807) is 13.8 Å². The van der Waals surface area contributed by atoms with Crippen LogP contribution in [-0.4, -0.2) is 74.3 Å². The van der Waals surface area contributed by atoms with Crippen LogP contribution in [0.25, 0.3) is 0 Å². The zero-order valence-electron chi connectivity index (χ0n) is 28.8. The van der Waals surface area contributed by atoms with Gasteiger partial charge in [0.15, 0.2) is 11.9 Å². The van der Waals surface area contributed by atoms with Gasteiger partial charge in [0.05, 0.1) is 19.8 Å². The summed E-state index contributed by atoms with van der Waals surface area (Å²) in [4.78, 5) is 35.1. The first-order chi connectivity index (χ1) is 22.1. The van der Waals surface area contributed by atoms with Gasteiger partial charge in [0.2, 0.25) is 0 Å². The second-order valence-corrected chi connectivity index (χ2v) is 14.2. The molecule has 0 radical (unpaired) electrons. The van der Waals surface area contributed by atoms with E-state index in [1.807, 2.05) is 0 Å². The van der Waals surface area contributed by atoms with E-state index < -0.39 is 44.4 Å². The zero-order chi connectivity index (χ0) is 33.9. The van der Waals surface area contributed by atoms with Gasteiger partial charge in [-0.3, -0.25) is 18.6 Å². The Kier molecular flexibility index (Phi) is 25.0. The van der Waals surface area contributed by atoms with E-state index >= 15 is 0 Å². The van der Waals surface area contributed by atoms with Crippen LogP contribution in [0.4, 0.5) is 0 Å². The fourth-order valence-electron chi connectivity index (χ4n) is 5.16. The van der Waals surface area contributed by atoms with Crippen LogP contribution in [0.1, 0.15) is 142 Å². The van der Waals surface area contributed by atoms with E-state index in [9.17, 15) is 19.0 Å².